The molecular formula is C14H16N2. The van der Waals surface area contributed by atoms with E-state index < -0.39 is 0 Å². The lowest BCUT2D eigenvalue weighted by molar-refractivity contribution is 0.584. The van der Waals surface area contributed by atoms with E-state index >= 15 is 0 Å². The monoisotopic (exact) mass is 212 g/mol. The molecule has 2 nitrogen and oxygen atoms in total. The van der Waals surface area contributed by atoms with Gasteiger partial charge in [0.2, 0.25) is 0 Å². The van der Waals surface area contributed by atoms with Gasteiger partial charge in [0.1, 0.15) is 0 Å². The van der Waals surface area contributed by atoms with Gasteiger partial charge < -0.3 is 5.32 Å². The number of hydrogen-bond acceptors (Lipinski definition) is 2. The summed E-state index contributed by atoms with van der Waals surface area (Å²) in [6, 6.07) is 13.2. The van der Waals surface area contributed by atoms with Crippen LogP contribution >= 0.6 is 0 Å². The third-order valence-electron chi connectivity index (χ3n) is 3.53. The van der Waals surface area contributed by atoms with Crippen molar-refractivity contribution in [2.45, 2.75) is 25.3 Å². The predicted octanol–water partition coefficient (Wildman–Crippen LogP) is 2.70. The largest absolute Gasteiger partial charge is 0.314 e. The predicted molar refractivity (Wildman–Crippen MR) is 66.6 cm³/mol. The van der Waals surface area contributed by atoms with Crippen LogP contribution in [0.1, 0.15) is 25.0 Å². The summed E-state index contributed by atoms with van der Waals surface area (Å²) in [5, 5.41) is 4.70. The number of benzene rings is 1. The molecule has 1 aromatic carbocycles. The van der Waals surface area contributed by atoms with E-state index in [1.54, 1.807) is 0 Å². The first-order valence-electron chi connectivity index (χ1n) is 5.94. The first kappa shape index (κ1) is 9.79. The van der Waals surface area contributed by atoms with Crippen molar-refractivity contribution >= 4 is 10.9 Å². The van der Waals surface area contributed by atoms with Gasteiger partial charge in [-0.05, 0) is 32.0 Å². The molecule has 0 radical (unpaired) electrons. The van der Waals surface area contributed by atoms with Crippen LogP contribution < -0.4 is 5.32 Å². The van der Waals surface area contributed by atoms with Crippen molar-refractivity contribution in [2.24, 2.45) is 0 Å². The minimum absolute atomic E-state index is 0.550. The van der Waals surface area contributed by atoms with Crippen LogP contribution in [0.15, 0.2) is 36.4 Å². The van der Waals surface area contributed by atoms with Crippen molar-refractivity contribution < 1.29 is 0 Å². The van der Waals surface area contributed by atoms with Gasteiger partial charge in [-0.3, -0.25) is 4.98 Å². The number of pyridine rings is 1. The van der Waals surface area contributed by atoms with Gasteiger partial charge in [0.15, 0.2) is 0 Å². The van der Waals surface area contributed by atoms with Crippen LogP contribution in [-0.4, -0.2) is 17.6 Å². The fraction of sp³-hybridized carbons (Fsp3) is 0.357. The zero-order valence-electron chi connectivity index (χ0n) is 9.48. The Kier molecular flexibility index (Phi) is 2.37. The highest BCUT2D eigenvalue weighted by molar-refractivity contribution is 5.78. The zero-order valence-corrected chi connectivity index (χ0v) is 9.48. The summed E-state index contributed by atoms with van der Waals surface area (Å²) in [5.41, 5.74) is 2.34. The molecule has 0 aliphatic carbocycles. The highest BCUT2D eigenvalue weighted by atomic mass is 15.0. The topological polar surface area (TPSA) is 24.9 Å². The quantitative estimate of drug-likeness (QED) is 0.786. The highest BCUT2D eigenvalue weighted by Crippen LogP contribution is 2.27. The Labute approximate surface area is 95.7 Å². The smallest absolute Gasteiger partial charge is 0.0705 e. The normalized spacial score (nSPS) is 25.1. The van der Waals surface area contributed by atoms with Crippen molar-refractivity contribution in [2.75, 3.05) is 6.54 Å². The Bertz CT molecular complexity index is 507. The number of aromatic nitrogens is 1. The molecule has 0 amide bonds. The first-order valence-corrected chi connectivity index (χ1v) is 5.94. The molecule has 2 heterocycles. The summed E-state index contributed by atoms with van der Waals surface area (Å²) < 4.78 is 0. The summed E-state index contributed by atoms with van der Waals surface area (Å²) in [6.45, 7) is 3.36. The summed E-state index contributed by atoms with van der Waals surface area (Å²) >= 11 is 0. The number of para-hydroxylation sites is 1. The molecule has 3 rings (SSSR count). The maximum absolute atomic E-state index is 4.77. The maximum atomic E-state index is 4.77. The van der Waals surface area contributed by atoms with E-state index in [4.69, 9.17) is 4.98 Å². The van der Waals surface area contributed by atoms with E-state index in [0.29, 0.717) is 12.0 Å². The lowest BCUT2D eigenvalue weighted by Gasteiger charge is -2.14. The number of hydrogen-bond donors (Lipinski definition) is 1. The second-order valence-corrected chi connectivity index (χ2v) is 4.57. The lowest BCUT2D eigenvalue weighted by atomic mass is 9.97. The molecule has 1 aliphatic rings. The van der Waals surface area contributed by atoms with Crippen molar-refractivity contribution in [3.63, 3.8) is 0 Å². The second-order valence-electron chi connectivity index (χ2n) is 4.57. The van der Waals surface area contributed by atoms with Gasteiger partial charge in [-0.15, -0.1) is 0 Å². The van der Waals surface area contributed by atoms with E-state index in [0.717, 1.165) is 12.1 Å². The van der Waals surface area contributed by atoms with Gasteiger partial charge in [-0.1, -0.05) is 24.3 Å². The van der Waals surface area contributed by atoms with Crippen LogP contribution in [0.4, 0.5) is 0 Å². The van der Waals surface area contributed by atoms with Crippen LogP contribution in [0.2, 0.25) is 0 Å². The van der Waals surface area contributed by atoms with E-state index in [1.807, 2.05) is 0 Å². The fourth-order valence-corrected chi connectivity index (χ4v) is 2.55. The minimum Gasteiger partial charge on any atom is -0.314 e. The number of rotatable bonds is 1. The van der Waals surface area contributed by atoms with E-state index in [9.17, 15) is 0 Å². The van der Waals surface area contributed by atoms with Crippen LogP contribution in [0.5, 0.6) is 0 Å². The van der Waals surface area contributed by atoms with Gasteiger partial charge >= 0.3 is 0 Å². The Morgan fingerprint density at radius 2 is 2.06 bits per heavy atom. The van der Waals surface area contributed by atoms with E-state index in [2.05, 4.69) is 48.6 Å². The molecule has 16 heavy (non-hydrogen) atoms. The molecule has 0 saturated carbocycles. The molecule has 1 saturated heterocycles. The standard InChI is InChI=1S/C14H16N2/c1-10-12(8-9-15-10)14-7-6-11-4-2-3-5-13(11)16-14/h2-7,10,12,15H,8-9H2,1H3. The third-order valence-corrected chi connectivity index (χ3v) is 3.53. The van der Waals surface area contributed by atoms with Crippen LogP contribution in [0, 0.1) is 0 Å². The molecule has 0 bridgehead atoms. The highest BCUT2D eigenvalue weighted by Gasteiger charge is 2.25. The van der Waals surface area contributed by atoms with Gasteiger partial charge in [0, 0.05) is 23.0 Å². The minimum atomic E-state index is 0.550. The molecule has 2 heteroatoms. The Morgan fingerprint density at radius 1 is 1.19 bits per heavy atom. The van der Waals surface area contributed by atoms with Crippen molar-refractivity contribution in [3.05, 3.63) is 42.1 Å². The summed E-state index contributed by atoms with van der Waals surface area (Å²) in [7, 11) is 0. The molecule has 1 aliphatic heterocycles. The summed E-state index contributed by atoms with van der Waals surface area (Å²) in [4.78, 5) is 4.77. The third kappa shape index (κ3) is 1.59. The lowest BCUT2D eigenvalue weighted by Crippen LogP contribution is -2.22. The average Bonchev–Trinajstić information content (AvgIpc) is 2.75. The Hall–Kier alpha value is -1.41. The van der Waals surface area contributed by atoms with Gasteiger partial charge in [0.25, 0.3) is 0 Å². The van der Waals surface area contributed by atoms with Crippen LogP contribution in [0.25, 0.3) is 10.9 Å². The van der Waals surface area contributed by atoms with Crippen LogP contribution in [0.3, 0.4) is 0 Å². The van der Waals surface area contributed by atoms with Gasteiger partial charge in [-0.25, -0.2) is 0 Å². The first-order chi connectivity index (χ1) is 7.84. The second kappa shape index (κ2) is 3.87. The zero-order chi connectivity index (χ0) is 11.0. The molecule has 0 spiro atoms. The molecule has 1 N–H and O–H groups in total. The maximum Gasteiger partial charge on any atom is 0.0705 e. The molecule has 2 unspecified atom stereocenters. The summed E-state index contributed by atoms with van der Waals surface area (Å²) in [5.74, 6) is 0.574. The van der Waals surface area contributed by atoms with Crippen molar-refractivity contribution in [3.8, 4) is 0 Å². The summed E-state index contributed by atoms with van der Waals surface area (Å²) in [6.07, 6.45) is 1.20. The van der Waals surface area contributed by atoms with Crippen molar-refractivity contribution in [1.82, 2.24) is 10.3 Å². The van der Waals surface area contributed by atoms with Gasteiger partial charge in [-0.2, -0.15) is 0 Å². The van der Waals surface area contributed by atoms with Crippen LogP contribution in [-0.2, 0) is 0 Å². The van der Waals surface area contributed by atoms with Gasteiger partial charge in [0.05, 0.1) is 5.52 Å². The molecule has 1 fully saturated rings. The molecular weight excluding hydrogens is 196 g/mol. The van der Waals surface area contributed by atoms with Crippen molar-refractivity contribution in [1.29, 1.82) is 0 Å². The molecule has 82 valence electrons. The van der Waals surface area contributed by atoms with E-state index in [1.165, 1.54) is 17.5 Å². The molecule has 2 atom stereocenters. The number of nitrogens with zero attached hydrogens (tertiary/aromatic N) is 1. The number of nitrogens with one attached hydrogen (secondary N) is 1. The number of fused-ring (bicyclic) bond motifs is 1. The van der Waals surface area contributed by atoms with E-state index in [-0.39, 0.29) is 0 Å². The molecule has 1 aromatic heterocycles. The fourth-order valence-electron chi connectivity index (χ4n) is 2.55. The Morgan fingerprint density at radius 3 is 2.88 bits per heavy atom. The SMILES string of the molecule is CC1NCCC1c1ccc2ccccc2n1. The average molecular weight is 212 g/mol. The molecule has 2 aromatic rings. The Balaban J connectivity index is 2.04.